The van der Waals surface area contributed by atoms with E-state index in [0.717, 1.165) is 6.42 Å². The standard InChI is InChI=1S/C13H27N3O2.ClH/c1-10(2)8-11(9-14)15-12(17)6-5-7-13(18)16(3)4;/h10-11H,5-9,14H2,1-4H3,(H,15,17);1H. The molecular formula is C13H28ClN3O2. The van der Waals surface area contributed by atoms with Gasteiger partial charge >= 0.3 is 0 Å². The smallest absolute Gasteiger partial charge is 0.222 e. The molecule has 6 heteroatoms. The van der Waals surface area contributed by atoms with Crippen LogP contribution in [0.1, 0.15) is 39.5 Å². The molecule has 0 radical (unpaired) electrons. The van der Waals surface area contributed by atoms with Gasteiger partial charge in [0.15, 0.2) is 0 Å². The third-order valence-corrected chi connectivity index (χ3v) is 2.70. The van der Waals surface area contributed by atoms with Crippen molar-refractivity contribution < 1.29 is 9.59 Å². The van der Waals surface area contributed by atoms with Crippen LogP contribution in [0, 0.1) is 5.92 Å². The Morgan fingerprint density at radius 2 is 1.79 bits per heavy atom. The van der Waals surface area contributed by atoms with E-state index in [1.165, 1.54) is 0 Å². The van der Waals surface area contributed by atoms with E-state index in [2.05, 4.69) is 19.2 Å². The molecule has 19 heavy (non-hydrogen) atoms. The molecule has 114 valence electrons. The summed E-state index contributed by atoms with van der Waals surface area (Å²) in [5.74, 6) is 0.548. The van der Waals surface area contributed by atoms with Crippen LogP contribution in [0.15, 0.2) is 0 Å². The average Bonchev–Trinajstić information content (AvgIpc) is 2.27. The minimum absolute atomic E-state index is 0. The number of carbonyl (C=O) groups is 2. The summed E-state index contributed by atoms with van der Waals surface area (Å²) < 4.78 is 0. The lowest BCUT2D eigenvalue weighted by molar-refractivity contribution is -0.129. The van der Waals surface area contributed by atoms with Crippen molar-refractivity contribution in [3.63, 3.8) is 0 Å². The summed E-state index contributed by atoms with van der Waals surface area (Å²) in [6.07, 6.45) is 2.27. The molecule has 0 fully saturated rings. The van der Waals surface area contributed by atoms with E-state index in [4.69, 9.17) is 5.73 Å². The number of hydrogen-bond donors (Lipinski definition) is 2. The van der Waals surface area contributed by atoms with Crippen molar-refractivity contribution in [3.8, 4) is 0 Å². The number of nitrogens with zero attached hydrogens (tertiary/aromatic N) is 1. The molecule has 3 N–H and O–H groups in total. The highest BCUT2D eigenvalue weighted by atomic mass is 35.5. The first kappa shape index (κ1) is 20.5. The van der Waals surface area contributed by atoms with Crippen molar-refractivity contribution in [2.45, 2.75) is 45.6 Å². The normalized spacial score (nSPS) is 11.7. The third kappa shape index (κ3) is 10.8. The highest BCUT2D eigenvalue weighted by molar-refractivity contribution is 5.85. The van der Waals surface area contributed by atoms with Crippen LogP contribution in [-0.2, 0) is 9.59 Å². The van der Waals surface area contributed by atoms with Crippen molar-refractivity contribution >= 4 is 24.2 Å². The Hall–Kier alpha value is -0.810. The Morgan fingerprint density at radius 3 is 2.21 bits per heavy atom. The molecule has 0 rings (SSSR count). The zero-order valence-corrected chi connectivity index (χ0v) is 13.3. The van der Waals surface area contributed by atoms with Crippen molar-refractivity contribution in [1.29, 1.82) is 0 Å². The van der Waals surface area contributed by atoms with Crippen molar-refractivity contribution in [2.75, 3.05) is 20.6 Å². The van der Waals surface area contributed by atoms with E-state index in [1.807, 2.05) is 0 Å². The average molecular weight is 294 g/mol. The Labute approximate surface area is 122 Å². The maximum atomic E-state index is 11.7. The zero-order chi connectivity index (χ0) is 14.1. The lowest BCUT2D eigenvalue weighted by Gasteiger charge is -2.18. The summed E-state index contributed by atoms with van der Waals surface area (Å²) in [6.45, 7) is 4.66. The quantitative estimate of drug-likeness (QED) is 0.705. The van der Waals surface area contributed by atoms with Gasteiger partial charge in [0.25, 0.3) is 0 Å². The second kappa shape index (κ2) is 11.1. The van der Waals surface area contributed by atoms with Crippen LogP contribution < -0.4 is 11.1 Å². The highest BCUT2D eigenvalue weighted by Gasteiger charge is 2.12. The molecule has 1 atom stereocenters. The number of nitrogens with one attached hydrogen (secondary N) is 1. The number of amides is 2. The fourth-order valence-corrected chi connectivity index (χ4v) is 1.71. The molecule has 2 amide bonds. The summed E-state index contributed by atoms with van der Waals surface area (Å²) in [5, 5.41) is 2.91. The largest absolute Gasteiger partial charge is 0.352 e. The lowest BCUT2D eigenvalue weighted by atomic mass is 10.0. The fourth-order valence-electron chi connectivity index (χ4n) is 1.71. The maximum absolute atomic E-state index is 11.7. The first-order chi connectivity index (χ1) is 8.36. The van der Waals surface area contributed by atoms with Crippen LogP contribution >= 0.6 is 12.4 Å². The predicted molar refractivity (Wildman–Crippen MR) is 80.2 cm³/mol. The van der Waals surface area contributed by atoms with Gasteiger partial charge in [0, 0.05) is 39.5 Å². The minimum Gasteiger partial charge on any atom is -0.352 e. The number of nitrogens with two attached hydrogens (primary N) is 1. The van der Waals surface area contributed by atoms with Gasteiger partial charge < -0.3 is 16.0 Å². The van der Waals surface area contributed by atoms with E-state index in [-0.39, 0.29) is 30.3 Å². The molecule has 0 heterocycles. The monoisotopic (exact) mass is 293 g/mol. The van der Waals surface area contributed by atoms with Gasteiger partial charge in [0.05, 0.1) is 0 Å². The van der Waals surface area contributed by atoms with Gasteiger partial charge in [-0.3, -0.25) is 9.59 Å². The van der Waals surface area contributed by atoms with E-state index in [0.29, 0.717) is 31.7 Å². The van der Waals surface area contributed by atoms with Crippen molar-refractivity contribution in [2.24, 2.45) is 11.7 Å². The Bertz CT molecular complexity index is 271. The second-order valence-electron chi connectivity index (χ2n) is 5.27. The van der Waals surface area contributed by atoms with Crippen molar-refractivity contribution in [1.82, 2.24) is 10.2 Å². The molecule has 0 saturated carbocycles. The Kier molecular flexibility index (Phi) is 11.9. The Morgan fingerprint density at radius 1 is 1.21 bits per heavy atom. The van der Waals surface area contributed by atoms with Crippen LogP contribution in [0.3, 0.4) is 0 Å². The van der Waals surface area contributed by atoms with Gasteiger partial charge in [0.2, 0.25) is 11.8 Å². The van der Waals surface area contributed by atoms with Gasteiger partial charge in [-0.2, -0.15) is 0 Å². The predicted octanol–water partition coefficient (Wildman–Crippen LogP) is 1.16. The molecule has 0 aromatic carbocycles. The van der Waals surface area contributed by atoms with Gasteiger partial charge in [0.1, 0.15) is 0 Å². The summed E-state index contributed by atoms with van der Waals surface area (Å²) in [7, 11) is 3.44. The highest BCUT2D eigenvalue weighted by Crippen LogP contribution is 2.05. The van der Waals surface area contributed by atoms with Crippen molar-refractivity contribution in [3.05, 3.63) is 0 Å². The SMILES string of the molecule is CC(C)CC(CN)NC(=O)CCCC(=O)N(C)C.Cl. The molecule has 5 nitrogen and oxygen atoms in total. The van der Waals surface area contributed by atoms with E-state index >= 15 is 0 Å². The number of halogens is 1. The summed E-state index contributed by atoms with van der Waals surface area (Å²) in [5.41, 5.74) is 5.61. The van der Waals surface area contributed by atoms with E-state index < -0.39 is 0 Å². The Balaban J connectivity index is 0. The summed E-state index contributed by atoms with van der Waals surface area (Å²) >= 11 is 0. The van der Waals surface area contributed by atoms with Crippen LogP contribution in [0.2, 0.25) is 0 Å². The second-order valence-corrected chi connectivity index (χ2v) is 5.27. The molecule has 0 saturated heterocycles. The molecule has 0 aromatic rings. The van der Waals surface area contributed by atoms with Gasteiger partial charge in [-0.1, -0.05) is 13.8 Å². The molecule has 0 aliphatic rings. The molecule has 0 aliphatic carbocycles. The third-order valence-electron chi connectivity index (χ3n) is 2.70. The summed E-state index contributed by atoms with van der Waals surface area (Å²) in [6, 6.07) is 0.0436. The minimum atomic E-state index is -0.0161. The van der Waals surface area contributed by atoms with Crippen LogP contribution in [-0.4, -0.2) is 43.4 Å². The maximum Gasteiger partial charge on any atom is 0.222 e. The van der Waals surface area contributed by atoms with Gasteiger partial charge in [-0.05, 0) is 18.8 Å². The first-order valence-corrected chi connectivity index (χ1v) is 6.56. The molecule has 0 spiro atoms. The molecular weight excluding hydrogens is 266 g/mol. The first-order valence-electron chi connectivity index (χ1n) is 6.56. The number of rotatable bonds is 8. The van der Waals surface area contributed by atoms with Crippen LogP contribution in [0.4, 0.5) is 0 Å². The molecule has 0 bridgehead atoms. The number of carbonyl (C=O) groups excluding carboxylic acids is 2. The molecule has 1 unspecified atom stereocenters. The van der Waals surface area contributed by atoms with Gasteiger partial charge in [-0.15, -0.1) is 12.4 Å². The van der Waals surface area contributed by atoms with Gasteiger partial charge in [-0.25, -0.2) is 0 Å². The van der Waals surface area contributed by atoms with E-state index in [9.17, 15) is 9.59 Å². The zero-order valence-electron chi connectivity index (χ0n) is 12.4. The topological polar surface area (TPSA) is 75.4 Å². The number of hydrogen-bond acceptors (Lipinski definition) is 3. The lowest BCUT2D eigenvalue weighted by Crippen LogP contribution is -2.41. The van der Waals surface area contributed by atoms with E-state index in [1.54, 1.807) is 19.0 Å². The molecule has 0 aliphatic heterocycles. The molecule has 0 aromatic heterocycles. The summed E-state index contributed by atoms with van der Waals surface area (Å²) in [4.78, 5) is 24.5. The van der Waals surface area contributed by atoms with Crippen LogP contribution in [0.25, 0.3) is 0 Å². The van der Waals surface area contributed by atoms with Crippen LogP contribution in [0.5, 0.6) is 0 Å². The fraction of sp³-hybridized carbons (Fsp3) is 0.846.